The smallest absolute Gasteiger partial charge is 0.242 e. The summed E-state index contributed by atoms with van der Waals surface area (Å²) in [6.07, 6.45) is 1.50. The minimum atomic E-state index is -3.51. The maximum atomic E-state index is 12.1. The van der Waals surface area contributed by atoms with E-state index in [2.05, 4.69) is 15.0 Å². The van der Waals surface area contributed by atoms with Crippen LogP contribution >= 0.6 is 0 Å². The predicted molar refractivity (Wildman–Crippen MR) is 79.0 cm³/mol. The molecule has 0 aliphatic heterocycles. The van der Waals surface area contributed by atoms with Gasteiger partial charge in [0.1, 0.15) is 0 Å². The number of ether oxygens (including phenoxy) is 1. The fourth-order valence-corrected chi connectivity index (χ4v) is 2.63. The Balaban J connectivity index is 2.69. The summed E-state index contributed by atoms with van der Waals surface area (Å²) >= 11 is 0. The van der Waals surface area contributed by atoms with Crippen molar-refractivity contribution in [2.24, 2.45) is 0 Å². The third kappa shape index (κ3) is 5.24. The fraction of sp³-hybridized carbons (Fsp3) is 0.692. The summed E-state index contributed by atoms with van der Waals surface area (Å²) in [6.45, 7) is 8.55. The number of aromatic nitrogens is 1. The Hall–Kier alpha value is -0.890. The van der Waals surface area contributed by atoms with Gasteiger partial charge in [-0.2, -0.15) is 0 Å². The summed E-state index contributed by atoms with van der Waals surface area (Å²) in [5, 5.41) is 3.23. The zero-order chi connectivity index (χ0) is 15.4. The van der Waals surface area contributed by atoms with Crippen LogP contribution in [0.1, 0.15) is 33.4 Å². The Kier molecular flexibility index (Phi) is 5.76. The Morgan fingerprint density at radius 1 is 1.40 bits per heavy atom. The van der Waals surface area contributed by atoms with E-state index in [1.165, 1.54) is 6.20 Å². The molecule has 0 atom stereocenters. The van der Waals surface area contributed by atoms with Gasteiger partial charge in [0.2, 0.25) is 10.0 Å². The monoisotopic (exact) mass is 303 g/mol. The Morgan fingerprint density at radius 3 is 2.60 bits per heavy atom. The highest BCUT2D eigenvalue weighted by molar-refractivity contribution is 7.89. The van der Waals surface area contributed by atoms with Crippen molar-refractivity contribution in [1.82, 2.24) is 15.0 Å². The second-order valence-electron chi connectivity index (χ2n) is 5.68. The minimum absolute atomic E-state index is 0.219. The number of methoxy groups -OCH3 is 1. The van der Waals surface area contributed by atoms with Gasteiger partial charge in [0.05, 0.1) is 10.5 Å². The van der Waals surface area contributed by atoms with Gasteiger partial charge in [-0.3, -0.25) is 0 Å². The molecular formula is C13H25N3O3S. The largest absolute Gasteiger partial charge is 0.377 e. The van der Waals surface area contributed by atoms with Crippen molar-refractivity contribution in [3.8, 4) is 0 Å². The van der Waals surface area contributed by atoms with Crippen LogP contribution in [0.5, 0.6) is 0 Å². The molecule has 0 spiro atoms. The van der Waals surface area contributed by atoms with E-state index in [-0.39, 0.29) is 11.4 Å². The summed E-state index contributed by atoms with van der Waals surface area (Å²) in [4.78, 5) is 3.21. The molecule has 20 heavy (non-hydrogen) atoms. The van der Waals surface area contributed by atoms with Crippen molar-refractivity contribution in [2.45, 2.75) is 50.8 Å². The summed E-state index contributed by atoms with van der Waals surface area (Å²) in [5.74, 6) is 0. The lowest BCUT2D eigenvalue weighted by Crippen LogP contribution is -2.39. The first kappa shape index (κ1) is 17.2. The average Bonchev–Trinajstić information content (AvgIpc) is 2.84. The molecule has 0 unspecified atom stereocenters. The van der Waals surface area contributed by atoms with Gasteiger partial charge < -0.3 is 15.0 Å². The molecule has 0 aliphatic carbocycles. The van der Waals surface area contributed by atoms with Crippen LogP contribution in [0.25, 0.3) is 0 Å². The fourth-order valence-electron chi connectivity index (χ4n) is 1.41. The highest BCUT2D eigenvalue weighted by atomic mass is 32.2. The van der Waals surface area contributed by atoms with Crippen LogP contribution < -0.4 is 10.0 Å². The highest BCUT2D eigenvalue weighted by Gasteiger charge is 2.22. The third-order valence-electron chi connectivity index (χ3n) is 2.97. The number of hydrogen-bond donors (Lipinski definition) is 3. The van der Waals surface area contributed by atoms with Gasteiger partial charge in [-0.1, -0.05) is 13.8 Å². The number of hydrogen-bond acceptors (Lipinski definition) is 4. The number of sulfonamides is 1. The van der Waals surface area contributed by atoms with Gasteiger partial charge >= 0.3 is 0 Å². The third-order valence-corrected chi connectivity index (χ3v) is 4.35. The zero-order valence-corrected chi connectivity index (χ0v) is 13.6. The summed E-state index contributed by atoms with van der Waals surface area (Å²) in [5.41, 5.74) is 0.302. The van der Waals surface area contributed by atoms with Crippen LogP contribution in [0, 0.1) is 0 Å². The lowest BCUT2D eigenvalue weighted by atomic mass is 10.1. The van der Waals surface area contributed by atoms with Crippen molar-refractivity contribution >= 4 is 10.0 Å². The molecule has 1 aromatic rings. The quantitative estimate of drug-likeness (QED) is 0.674. The van der Waals surface area contributed by atoms with Crippen LogP contribution in [0.4, 0.5) is 0 Å². The number of aromatic amines is 1. The lowest BCUT2D eigenvalue weighted by molar-refractivity contribution is 0.0276. The number of H-pyrrole nitrogens is 1. The van der Waals surface area contributed by atoms with Gasteiger partial charge in [-0.15, -0.1) is 0 Å². The van der Waals surface area contributed by atoms with E-state index in [9.17, 15) is 8.42 Å². The van der Waals surface area contributed by atoms with Crippen LogP contribution in [0.15, 0.2) is 17.2 Å². The molecule has 0 aromatic carbocycles. The Morgan fingerprint density at radius 2 is 2.05 bits per heavy atom. The molecule has 6 nitrogen and oxygen atoms in total. The normalized spacial score (nSPS) is 13.1. The van der Waals surface area contributed by atoms with Crippen molar-refractivity contribution in [2.75, 3.05) is 13.7 Å². The van der Waals surface area contributed by atoms with E-state index >= 15 is 0 Å². The van der Waals surface area contributed by atoms with E-state index in [1.54, 1.807) is 13.2 Å². The van der Waals surface area contributed by atoms with Gasteiger partial charge in [0.15, 0.2) is 0 Å². The van der Waals surface area contributed by atoms with Gasteiger partial charge in [-0.25, -0.2) is 13.1 Å². The van der Waals surface area contributed by atoms with E-state index in [4.69, 9.17) is 4.74 Å². The van der Waals surface area contributed by atoms with Crippen molar-refractivity contribution < 1.29 is 13.2 Å². The van der Waals surface area contributed by atoms with Gasteiger partial charge in [-0.05, 0) is 19.9 Å². The molecule has 0 saturated carbocycles. The van der Waals surface area contributed by atoms with Crippen molar-refractivity contribution in [3.63, 3.8) is 0 Å². The first-order chi connectivity index (χ1) is 9.16. The Labute approximate surface area is 121 Å². The maximum absolute atomic E-state index is 12.1. The maximum Gasteiger partial charge on any atom is 0.242 e. The SMILES string of the molecule is COC(C)(C)CNS(=O)(=O)c1c[nH]c(CNC(C)C)c1. The molecule has 1 aromatic heterocycles. The topological polar surface area (TPSA) is 83.2 Å². The second kappa shape index (κ2) is 6.71. The van der Waals surface area contributed by atoms with Gasteiger partial charge in [0, 0.05) is 38.1 Å². The second-order valence-corrected chi connectivity index (χ2v) is 7.45. The molecule has 0 amide bonds. The summed E-state index contributed by atoms with van der Waals surface area (Å²) < 4.78 is 32.0. The minimum Gasteiger partial charge on any atom is -0.377 e. The van der Waals surface area contributed by atoms with Crippen LogP contribution in [0.3, 0.4) is 0 Å². The van der Waals surface area contributed by atoms with E-state index in [0.717, 1.165) is 5.69 Å². The number of nitrogens with one attached hydrogen (secondary N) is 3. The molecule has 1 heterocycles. The summed E-state index contributed by atoms with van der Waals surface area (Å²) in [6, 6.07) is 1.98. The predicted octanol–water partition coefficient (Wildman–Crippen LogP) is 1.22. The first-order valence-electron chi connectivity index (χ1n) is 6.62. The van der Waals surface area contributed by atoms with E-state index in [1.807, 2.05) is 27.7 Å². The Bertz CT molecular complexity index is 521. The molecule has 3 N–H and O–H groups in total. The van der Waals surface area contributed by atoms with Gasteiger partial charge in [0.25, 0.3) is 0 Å². The van der Waals surface area contributed by atoms with Crippen molar-refractivity contribution in [3.05, 3.63) is 18.0 Å². The van der Waals surface area contributed by atoms with E-state index < -0.39 is 15.6 Å². The average molecular weight is 303 g/mol. The molecule has 0 saturated heterocycles. The zero-order valence-electron chi connectivity index (χ0n) is 12.8. The van der Waals surface area contributed by atoms with E-state index in [0.29, 0.717) is 12.6 Å². The lowest BCUT2D eigenvalue weighted by Gasteiger charge is -2.22. The molecule has 1 rings (SSSR count). The molecule has 0 fully saturated rings. The standard InChI is InChI=1S/C13H25N3O3S/c1-10(2)14-7-11-6-12(8-15-11)20(17,18)16-9-13(3,4)19-5/h6,8,10,14-16H,7,9H2,1-5H3. The molecule has 0 bridgehead atoms. The molecule has 7 heteroatoms. The molecule has 0 aliphatic rings. The summed E-state index contributed by atoms with van der Waals surface area (Å²) in [7, 11) is -1.95. The van der Waals surface area contributed by atoms with Crippen LogP contribution in [-0.4, -0.2) is 38.7 Å². The van der Waals surface area contributed by atoms with Crippen LogP contribution in [-0.2, 0) is 21.3 Å². The molecule has 116 valence electrons. The van der Waals surface area contributed by atoms with Crippen molar-refractivity contribution in [1.29, 1.82) is 0 Å². The highest BCUT2D eigenvalue weighted by Crippen LogP contribution is 2.12. The molecule has 0 radical (unpaired) electrons. The number of rotatable bonds is 8. The van der Waals surface area contributed by atoms with Crippen LogP contribution in [0.2, 0.25) is 0 Å². The molecular weight excluding hydrogens is 278 g/mol. The first-order valence-corrected chi connectivity index (χ1v) is 8.10.